The summed E-state index contributed by atoms with van der Waals surface area (Å²) >= 11 is 6.75. The molecule has 1 heterocycles. The average molecular weight is 428 g/mol. The Bertz CT molecular complexity index is 912. The largest absolute Gasteiger partial charge is 0.490 e. The van der Waals surface area contributed by atoms with Crippen LogP contribution in [0.4, 0.5) is 0 Å². The highest BCUT2D eigenvalue weighted by atomic mass is 32.2. The molecule has 1 aliphatic heterocycles. The van der Waals surface area contributed by atoms with Gasteiger partial charge in [0.2, 0.25) is 0 Å². The maximum Gasteiger partial charge on any atom is 0.266 e. The van der Waals surface area contributed by atoms with E-state index in [1.54, 1.807) is 4.90 Å². The third-order valence-electron chi connectivity index (χ3n) is 4.66. The van der Waals surface area contributed by atoms with Gasteiger partial charge in [-0.1, -0.05) is 67.3 Å². The Morgan fingerprint density at radius 2 is 1.86 bits per heavy atom. The van der Waals surface area contributed by atoms with Gasteiger partial charge in [-0.25, -0.2) is 0 Å². The first-order chi connectivity index (χ1) is 14.0. The molecule has 0 radical (unpaired) electrons. The van der Waals surface area contributed by atoms with Crippen LogP contribution in [0.2, 0.25) is 0 Å². The Hall–Kier alpha value is -2.31. The number of thiocarbonyl (C=S) groups is 1. The molecule has 6 heteroatoms. The molecule has 4 nitrogen and oxygen atoms in total. The zero-order chi connectivity index (χ0) is 20.8. The fraction of sp³-hybridized carbons (Fsp3) is 0.304. The molecular weight excluding hydrogens is 402 g/mol. The fourth-order valence-electron chi connectivity index (χ4n) is 2.93. The van der Waals surface area contributed by atoms with Crippen molar-refractivity contribution in [3.8, 4) is 11.5 Å². The zero-order valence-corrected chi connectivity index (χ0v) is 18.5. The van der Waals surface area contributed by atoms with Crippen molar-refractivity contribution in [2.45, 2.75) is 39.8 Å². The van der Waals surface area contributed by atoms with Crippen molar-refractivity contribution in [3.63, 3.8) is 0 Å². The van der Waals surface area contributed by atoms with Gasteiger partial charge in [-0.3, -0.25) is 9.69 Å². The molecule has 0 aliphatic carbocycles. The van der Waals surface area contributed by atoms with Gasteiger partial charge in [-0.15, -0.1) is 0 Å². The van der Waals surface area contributed by atoms with Crippen molar-refractivity contribution in [3.05, 3.63) is 64.6 Å². The number of carbonyl (C=O) groups is 1. The third kappa shape index (κ3) is 5.19. The van der Waals surface area contributed by atoms with Crippen LogP contribution in [0.15, 0.2) is 53.4 Å². The Morgan fingerprint density at radius 1 is 1.10 bits per heavy atom. The lowest BCUT2D eigenvalue weighted by atomic mass is 10.1. The second-order valence-corrected chi connectivity index (χ2v) is 8.40. The van der Waals surface area contributed by atoms with Crippen LogP contribution >= 0.6 is 24.0 Å². The Morgan fingerprint density at radius 3 is 2.55 bits per heavy atom. The maximum atomic E-state index is 12.8. The van der Waals surface area contributed by atoms with E-state index in [2.05, 4.69) is 6.92 Å². The van der Waals surface area contributed by atoms with Gasteiger partial charge < -0.3 is 9.47 Å². The maximum absolute atomic E-state index is 12.8. The molecule has 1 amide bonds. The van der Waals surface area contributed by atoms with Gasteiger partial charge in [0.1, 0.15) is 10.9 Å². The Balaban J connectivity index is 1.80. The number of amides is 1. The number of hydrogen-bond acceptors (Lipinski definition) is 5. The third-order valence-corrected chi connectivity index (χ3v) is 5.99. The van der Waals surface area contributed by atoms with Crippen LogP contribution in [-0.4, -0.2) is 27.8 Å². The molecule has 2 aromatic rings. The normalized spacial score (nSPS) is 16.4. The Labute approximate surface area is 181 Å². The highest BCUT2D eigenvalue weighted by Crippen LogP contribution is 2.36. The van der Waals surface area contributed by atoms with Crippen LogP contribution in [0.5, 0.6) is 11.5 Å². The van der Waals surface area contributed by atoms with Gasteiger partial charge >= 0.3 is 0 Å². The molecule has 1 fully saturated rings. The second kappa shape index (κ2) is 9.94. The van der Waals surface area contributed by atoms with Crippen molar-refractivity contribution in [2.75, 3.05) is 6.61 Å². The number of rotatable bonds is 8. The van der Waals surface area contributed by atoms with E-state index in [-0.39, 0.29) is 11.9 Å². The van der Waals surface area contributed by atoms with Crippen LogP contribution in [0, 0.1) is 0 Å². The molecule has 0 bridgehead atoms. The summed E-state index contributed by atoms with van der Waals surface area (Å²) in [4.78, 5) is 15.1. The smallest absolute Gasteiger partial charge is 0.266 e. The predicted octanol–water partition coefficient (Wildman–Crippen LogP) is 5.66. The molecule has 1 aliphatic rings. The second-order valence-electron chi connectivity index (χ2n) is 6.72. The molecule has 0 N–H and O–H groups in total. The van der Waals surface area contributed by atoms with E-state index in [4.69, 9.17) is 21.7 Å². The Kier molecular flexibility index (Phi) is 7.34. The minimum absolute atomic E-state index is 0.0308. The van der Waals surface area contributed by atoms with Crippen molar-refractivity contribution in [2.24, 2.45) is 0 Å². The van der Waals surface area contributed by atoms with E-state index in [1.165, 1.54) is 11.8 Å². The first-order valence-electron chi connectivity index (χ1n) is 9.74. The minimum Gasteiger partial charge on any atom is -0.490 e. The molecule has 0 aromatic heterocycles. The van der Waals surface area contributed by atoms with Crippen LogP contribution in [0.25, 0.3) is 6.08 Å². The van der Waals surface area contributed by atoms with Crippen molar-refractivity contribution < 1.29 is 14.3 Å². The van der Waals surface area contributed by atoms with E-state index >= 15 is 0 Å². The molecule has 2 aromatic carbocycles. The summed E-state index contributed by atoms with van der Waals surface area (Å²) in [5.74, 6) is 1.31. The zero-order valence-electron chi connectivity index (χ0n) is 16.9. The van der Waals surface area contributed by atoms with E-state index < -0.39 is 0 Å². The highest BCUT2D eigenvalue weighted by molar-refractivity contribution is 8.26. The molecule has 3 rings (SSSR count). The van der Waals surface area contributed by atoms with Crippen LogP contribution in [0.1, 0.15) is 38.3 Å². The lowest BCUT2D eigenvalue weighted by Gasteiger charge is -2.21. The molecule has 0 saturated carbocycles. The van der Waals surface area contributed by atoms with E-state index in [1.807, 2.05) is 68.5 Å². The quantitative estimate of drug-likeness (QED) is 0.401. The lowest BCUT2D eigenvalue weighted by Crippen LogP contribution is -2.36. The molecule has 29 heavy (non-hydrogen) atoms. The van der Waals surface area contributed by atoms with E-state index in [9.17, 15) is 4.79 Å². The summed E-state index contributed by atoms with van der Waals surface area (Å²) in [6, 6.07) is 15.8. The van der Waals surface area contributed by atoms with Gasteiger partial charge in [0, 0.05) is 6.04 Å². The average Bonchev–Trinajstić information content (AvgIpc) is 3.01. The summed E-state index contributed by atoms with van der Waals surface area (Å²) in [5.41, 5.74) is 1.97. The monoisotopic (exact) mass is 427 g/mol. The SMILES string of the molecule is CCOc1cc(C=C2SC(=S)N(C(C)CC)C2=O)ccc1OCc1ccccc1. The van der Waals surface area contributed by atoms with E-state index in [0.29, 0.717) is 33.9 Å². The number of thioether (sulfide) groups is 1. The molecule has 1 atom stereocenters. The van der Waals surface area contributed by atoms with Crippen LogP contribution < -0.4 is 9.47 Å². The molecule has 0 spiro atoms. The standard InChI is InChI=1S/C23H25NO3S2/c1-4-16(3)24-22(25)21(29-23(24)28)14-18-11-12-19(20(13-18)26-5-2)27-15-17-9-7-6-8-10-17/h6-14,16H,4-5,15H2,1-3H3. The van der Waals surface area contributed by atoms with Gasteiger partial charge in [-0.05, 0) is 49.6 Å². The van der Waals surface area contributed by atoms with Gasteiger partial charge in [0.05, 0.1) is 11.5 Å². The summed E-state index contributed by atoms with van der Waals surface area (Å²) in [5, 5.41) is 0. The number of nitrogens with zero attached hydrogens (tertiary/aromatic N) is 1. The molecule has 152 valence electrons. The van der Waals surface area contributed by atoms with E-state index in [0.717, 1.165) is 17.5 Å². The topological polar surface area (TPSA) is 38.8 Å². The number of hydrogen-bond donors (Lipinski definition) is 0. The summed E-state index contributed by atoms with van der Waals surface area (Å²) in [6.07, 6.45) is 2.73. The first kappa shape index (κ1) is 21.4. The fourth-order valence-corrected chi connectivity index (χ4v) is 4.39. The van der Waals surface area contributed by atoms with Gasteiger partial charge in [-0.2, -0.15) is 0 Å². The number of carbonyl (C=O) groups excluding carboxylic acids is 1. The lowest BCUT2D eigenvalue weighted by molar-refractivity contribution is -0.123. The first-order valence-corrected chi connectivity index (χ1v) is 11.0. The van der Waals surface area contributed by atoms with Gasteiger partial charge in [0.15, 0.2) is 11.5 Å². The summed E-state index contributed by atoms with van der Waals surface area (Å²) in [6.45, 7) is 7.00. The number of ether oxygens (including phenoxy) is 2. The molecule has 1 unspecified atom stereocenters. The summed E-state index contributed by atoms with van der Waals surface area (Å²) in [7, 11) is 0. The highest BCUT2D eigenvalue weighted by Gasteiger charge is 2.34. The van der Waals surface area contributed by atoms with Gasteiger partial charge in [0.25, 0.3) is 5.91 Å². The minimum atomic E-state index is -0.0308. The predicted molar refractivity (Wildman–Crippen MR) is 123 cm³/mol. The van der Waals surface area contributed by atoms with Crippen LogP contribution in [0.3, 0.4) is 0 Å². The molecule has 1 saturated heterocycles. The van der Waals surface area contributed by atoms with Crippen molar-refractivity contribution in [1.29, 1.82) is 0 Å². The van der Waals surface area contributed by atoms with Crippen LogP contribution in [-0.2, 0) is 11.4 Å². The summed E-state index contributed by atoms with van der Waals surface area (Å²) < 4.78 is 12.3. The number of benzene rings is 2. The molecular formula is C23H25NO3S2. The van der Waals surface area contributed by atoms with Crippen molar-refractivity contribution >= 4 is 40.3 Å². The van der Waals surface area contributed by atoms with Crippen molar-refractivity contribution in [1.82, 2.24) is 4.90 Å².